The molecule has 0 atom stereocenters. The van der Waals surface area contributed by atoms with Gasteiger partial charge in [0.05, 0.1) is 12.1 Å². The van der Waals surface area contributed by atoms with E-state index in [0.717, 1.165) is 11.3 Å². The van der Waals surface area contributed by atoms with Gasteiger partial charge in [0.1, 0.15) is 35.6 Å². The number of rotatable bonds is 9. The zero-order valence-corrected chi connectivity index (χ0v) is 20.7. The highest BCUT2D eigenvalue weighted by Gasteiger charge is 2.15. The summed E-state index contributed by atoms with van der Waals surface area (Å²) >= 11 is 7.63. The van der Waals surface area contributed by atoms with E-state index in [4.69, 9.17) is 25.8 Å². The molecule has 1 amide bonds. The molecule has 0 bridgehead atoms. The Morgan fingerprint density at radius 1 is 1.15 bits per heavy atom. The van der Waals surface area contributed by atoms with Crippen LogP contribution in [0.2, 0.25) is 5.02 Å². The van der Waals surface area contributed by atoms with Crippen LogP contribution in [0.25, 0.3) is 6.08 Å². The number of aryl methyl sites for hydroxylation is 3. The Morgan fingerprint density at radius 3 is 2.56 bits per heavy atom. The summed E-state index contributed by atoms with van der Waals surface area (Å²) in [7, 11) is 1.48. The Morgan fingerprint density at radius 2 is 1.91 bits per heavy atom. The van der Waals surface area contributed by atoms with Crippen LogP contribution in [0.1, 0.15) is 21.7 Å². The van der Waals surface area contributed by atoms with Gasteiger partial charge in [-0.05, 0) is 56.2 Å². The van der Waals surface area contributed by atoms with E-state index < -0.39 is 5.91 Å². The van der Waals surface area contributed by atoms with Gasteiger partial charge >= 0.3 is 0 Å². The highest BCUT2D eigenvalue weighted by molar-refractivity contribution is 7.15. The van der Waals surface area contributed by atoms with E-state index in [1.807, 2.05) is 38.1 Å². The molecular formula is C24H23ClN4O4S. The first-order chi connectivity index (χ1) is 16.3. The topological polar surface area (TPSA) is 106 Å². The van der Waals surface area contributed by atoms with Crippen LogP contribution in [0.15, 0.2) is 35.9 Å². The number of hydrogen-bond acceptors (Lipinski definition) is 8. The zero-order valence-electron chi connectivity index (χ0n) is 19.1. The molecule has 10 heteroatoms. The number of nitriles is 1. The molecule has 0 radical (unpaired) electrons. The van der Waals surface area contributed by atoms with Crippen LogP contribution in [0.5, 0.6) is 17.2 Å². The molecular weight excluding hydrogens is 476 g/mol. The number of carbonyl (C=O) groups excluding carboxylic acids is 1. The summed E-state index contributed by atoms with van der Waals surface area (Å²) in [5.74, 6) is 0.900. The summed E-state index contributed by atoms with van der Waals surface area (Å²) in [6, 6.07) is 11.1. The number of amides is 1. The van der Waals surface area contributed by atoms with Crippen molar-refractivity contribution in [3.63, 3.8) is 0 Å². The van der Waals surface area contributed by atoms with Crippen LogP contribution in [-0.2, 0) is 4.79 Å². The third kappa shape index (κ3) is 6.47. The predicted octanol–water partition coefficient (Wildman–Crippen LogP) is 5.13. The molecule has 0 unspecified atom stereocenters. The lowest BCUT2D eigenvalue weighted by molar-refractivity contribution is -0.112. The van der Waals surface area contributed by atoms with E-state index in [1.165, 1.54) is 30.1 Å². The minimum absolute atomic E-state index is 0.124. The minimum Gasteiger partial charge on any atom is -0.493 e. The molecule has 8 nitrogen and oxygen atoms in total. The molecule has 1 N–H and O–H groups in total. The molecule has 0 saturated carbocycles. The number of ether oxygens (including phenoxy) is 3. The van der Waals surface area contributed by atoms with Crippen molar-refractivity contribution in [2.75, 3.05) is 25.6 Å². The Bertz CT molecular complexity index is 1270. The molecule has 0 aliphatic carbocycles. The van der Waals surface area contributed by atoms with Gasteiger partial charge in [0.25, 0.3) is 5.91 Å². The van der Waals surface area contributed by atoms with E-state index >= 15 is 0 Å². The van der Waals surface area contributed by atoms with Crippen LogP contribution < -0.4 is 19.5 Å². The number of anilines is 1. The van der Waals surface area contributed by atoms with E-state index in [2.05, 4.69) is 15.5 Å². The number of nitrogens with one attached hydrogen (secondary N) is 1. The van der Waals surface area contributed by atoms with Gasteiger partial charge in [-0.25, -0.2) is 0 Å². The van der Waals surface area contributed by atoms with Gasteiger partial charge in [0, 0.05) is 0 Å². The number of halogens is 1. The fraction of sp³-hybridized carbons (Fsp3) is 0.250. The average molecular weight is 499 g/mol. The Kier molecular flexibility index (Phi) is 8.46. The minimum atomic E-state index is -0.599. The summed E-state index contributed by atoms with van der Waals surface area (Å²) < 4.78 is 17.0. The fourth-order valence-electron chi connectivity index (χ4n) is 3.05. The predicted molar refractivity (Wildman–Crippen MR) is 132 cm³/mol. The second kappa shape index (κ2) is 11.5. The van der Waals surface area contributed by atoms with Crippen molar-refractivity contribution in [2.45, 2.75) is 20.8 Å². The smallest absolute Gasteiger partial charge is 0.268 e. The van der Waals surface area contributed by atoms with Gasteiger partial charge in [-0.1, -0.05) is 40.6 Å². The normalized spacial score (nSPS) is 11.0. The molecule has 0 aliphatic heterocycles. The maximum absolute atomic E-state index is 12.4. The Balaban J connectivity index is 1.69. The number of hydrogen-bond donors (Lipinski definition) is 1. The largest absolute Gasteiger partial charge is 0.493 e. The average Bonchev–Trinajstić information content (AvgIpc) is 3.21. The second-order valence-corrected chi connectivity index (χ2v) is 8.84. The van der Waals surface area contributed by atoms with Crippen molar-refractivity contribution < 1.29 is 19.0 Å². The van der Waals surface area contributed by atoms with E-state index in [1.54, 1.807) is 19.1 Å². The maximum atomic E-state index is 12.4. The van der Waals surface area contributed by atoms with Crippen LogP contribution in [-0.4, -0.2) is 36.4 Å². The summed E-state index contributed by atoms with van der Waals surface area (Å²) in [4.78, 5) is 12.4. The molecule has 0 saturated heterocycles. The molecule has 1 aromatic heterocycles. The summed E-state index contributed by atoms with van der Waals surface area (Å²) in [6.07, 6.45) is 1.41. The first kappa shape index (κ1) is 25.0. The first-order valence-electron chi connectivity index (χ1n) is 10.2. The molecule has 34 heavy (non-hydrogen) atoms. The lowest BCUT2D eigenvalue weighted by Crippen LogP contribution is -2.13. The molecule has 3 aromatic rings. The van der Waals surface area contributed by atoms with Crippen LogP contribution in [0.3, 0.4) is 0 Å². The summed E-state index contributed by atoms with van der Waals surface area (Å²) in [5, 5.41) is 20.9. The third-order valence-electron chi connectivity index (χ3n) is 4.59. The molecule has 2 aromatic carbocycles. The van der Waals surface area contributed by atoms with E-state index in [0.29, 0.717) is 33.8 Å². The first-order valence-corrected chi connectivity index (χ1v) is 11.4. The number of methoxy groups -OCH3 is 1. The van der Waals surface area contributed by atoms with Crippen LogP contribution >= 0.6 is 22.9 Å². The van der Waals surface area contributed by atoms with E-state index in [9.17, 15) is 10.1 Å². The van der Waals surface area contributed by atoms with Crippen molar-refractivity contribution in [2.24, 2.45) is 0 Å². The van der Waals surface area contributed by atoms with Crippen molar-refractivity contribution in [3.8, 4) is 23.3 Å². The Hall–Kier alpha value is -3.61. The van der Waals surface area contributed by atoms with E-state index in [-0.39, 0.29) is 17.2 Å². The fourth-order valence-corrected chi connectivity index (χ4v) is 3.91. The third-order valence-corrected chi connectivity index (χ3v) is 5.63. The quantitative estimate of drug-likeness (QED) is 0.247. The molecule has 1 heterocycles. The summed E-state index contributed by atoms with van der Waals surface area (Å²) in [5.41, 5.74) is 2.59. The standard InChI is InChI=1S/C24H23ClN4O4S/c1-14-5-6-20(15(2)9-14)32-7-8-33-22-19(25)11-17(12-21(22)31-4)10-18(13-26)23(30)27-24-29-28-16(3)34-24/h5-6,9-12H,7-8H2,1-4H3,(H,27,29,30)/b18-10-. The number of carbonyl (C=O) groups is 1. The highest BCUT2D eigenvalue weighted by atomic mass is 35.5. The number of aromatic nitrogens is 2. The second-order valence-electron chi connectivity index (χ2n) is 7.25. The van der Waals surface area contributed by atoms with Gasteiger partial charge in [-0.3, -0.25) is 10.1 Å². The van der Waals surface area contributed by atoms with Crippen molar-refractivity contribution in [1.82, 2.24) is 10.2 Å². The van der Waals surface area contributed by atoms with Crippen LogP contribution in [0, 0.1) is 32.1 Å². The van der Waals surface area contributed by atoms with Crippen LogP contribution in [0.4, 0.5) is 5.13 Å². The molecule has 176 valence electrons. The van der Waals surface area contributed by atoms with Crippen molar-refractivity contribution in [3.05, 3.63) is 62.6 Å². The lowest BCUT2D eigenvalue weighted by Gasteiger charge is -2.14. The molecule has 0 spiro atoms. The highest BCUT2D eigenvalue weighted by Crippen LogP contribution is 2.37. The van der Waals surface area contributed by atoms with Crippen molar-refractivity contribution in [1.29, 1.82) is 5.26 Å². The van der Waals surface area contributed by atoms with Gasteiger partial charge < -0.3 is 14.2 Å². The lowest BCUT2D eigenvalue weighted by atomic mass is 10.1. The molecule has 3 rings (SSSR count). The molecule has 0 aliphatic rings. The molecule has 0 fully saturated rings. The zero-order chi connectivity index (χ0) is 24.7. The van der Waals surface area contributed by atoms with Crippen molar-refractivity contribution >= 4 is 40.1 Å². The maximum Gasteiger partial charge on any atom is 0.268 e. The van der Waals surface area contributed by atoms with Gasteiger partial charge in [0.2, 0.25) is 5.13 Å². The van der Waals surface area contributed by atoms with Gasteiger partial charge in [-0.15, -0.1) is 10.2 Å². The number of nitrogens with zero attached hydrogens (tertiary/aromatic N) is 3. The van der Waals surface area contributed by atoms with Gasteiger partial charge in [0.15, 0.2) is 11.5 Å². The SMILES string of the molecule is COc1cc(/C=C(/C#N)C(=O)Nc2nnc(C)s2)cc(Cl)c1OCCOc1ccc(C)cc1C. The number of benzene rings is 2. The summed E-state index contributed by atoms with van der Waals surface area (Å²) in [6.45, 7) is 6.33. The Labute approximate surface area is 206 Å². The monoisotopic (exact) mass is 498 g/mol. The van der Waals surface area contributed by atoms with Gasteiger partial charge in [-0.2, -0.15) is 5.26 Å².